The van der Waals surface area contributed by atoms with Gasteiger partial charge in [-0.05, 0) is 45.3 Å². The molecule has 20 heavy (non-hydrogen) atoms. The maximum Gasteiger partial charge on any atom is 0.0586 e. The fourth-order valence-electron chi connectivity index (χ4n) is 3.10. The number of ether oxygens (including phenoxy) is 1. The fraction of sp³-hybridized carbons (Fsp3) is 0.647. The Bertz CT molecular complexity index is 380. The molecule has 0 amide bonds. The first-order valence-corrected chi connectivity index (χ1v) is 7.67. The van der Waals surface area contributed by atoms with Gasteiger partial charge in [-0.3, -0.25) is 0 Å². The highest BCUT2D eigenvalue weighted by molar-refractivity contribution is 5.19. The summed E-state index contributed by atoms with van der Waals surface area (Å²) in [6.45, 7) is 1.03. The lowest BCUT2D eigenvalue weighted by atomic mass is 9.91. The van der Waals surface area contributed by atoms with Gasteiger partial charge in [0.25, 0.3) is 0 Å². The molecule has 1 aliphatic rings. The van der Waals surface area contributed by atoms with Crippen LogP contribution in [0, 0.1) is 0 Å². The maximum atomic E-state index is 5.54. The monoisotopic (exact) mass is 276 g/mol. The van der Waals surface area contributed by atoms with Crippen molar-refractivity contribution in [3.05, 3.63) is 35.9 Å². The smallest absolute Gasteiger partial charge is 0.0586 e. The molecule has 3 nitrogen and oxygen atoms in total. The van der Waals surface area contributed by atoms with Gasteiger partial charge in [-0.2, -0.15) is 0 Å². The van der Waals surface area contributed by atoms with Crippen LogP contribution in [0.2, 0.25) is 0 Å². The number of benzene rings is 1. The minimum Gasteiger partial charge on any atom is -0.381 e. The van der Waals surface area contributed by atoms with Gasteiger partial charge < -0.3 is 15.0 Å². The summed E-state index contributed by atoms with van der Waals surface area (Å²) in [7, 11) is 6.11. The van der Waals surface area contributed by atoms with E-state index >= 15 is 0 Å². The van der Waals surface area contributed by atoms with Crippen LogP contribution >= 0.6 is 0 Å². The Kier molecular flexibility index (Phi) is 6.02. The number of hydrogen-bond acceptors (Lipinski definition) is 3. The first-order chi connectivity index (χ1) is 9.69. The lowest BCUT2D eigenvalue weighted by Crippen LogP contribution is -2.42. The third kappa shape index (κ3) is 4.58. The van der Waals surface area contributed by atoms with Gasteiger partial charge in [-0.1, -0.05) is 30.3 Å². The Morgan fingerprint density at radius 2 is 2.00 bits per heavy atom. The van der Waals surface area contributed by atoms with Crippen LogP contribution in [0.5, 0.6) is 0 Å². The highest BCUT2D eigenvalue weighted by atomic mass is 16.5. The molecule has 3 unspecified atom stereocenters. The van der Waals surface area contributed by atoms with Crippen LogP contribution in [0.15, 0.2) is 30.3 Å². The second-order valence-corrected chi connectivity index (χ2v) is 6.11. The number of nitrogens with zero attached hydrogens (tertiary/aromatic N) is 1. The lowest BCUT2D eigenvalue weighted by Gasteiger charge is -2.33. The molecule has 0 heterocycles. The van der Waals surface area contributed by atoms with E-state index in [0.717, 1.165) is 13.0 Å². The average molecular weight is 276 g/mol. The molecule has 0 aromatic heterocycles. The average Bonchev–Trinajstić information content (AvgIpc) is 2.47. The second kappa shape index (κ2) is 7.77. The molecule has 0 spiro atoms. The summed E-state index contributed by atoms with van der Waals surface area (Å²) in [5, 5.41) is 3.85. The van der Waals surface area contributed by atoms with Crippen molar-refractivity contribution in [1.29, 1.82) is 0 Å². The van der Waals surface area contributed by atoms with E-state index in [2.05, 4.69) is 54.6 Å². The molecule has 3 atom stereocenters. The van der Waals surface area contributed by atoms with Crippen LogP contribution in [0.3, 0.4) is 0 Å². The van der Waals surface area contributed by atoms with Gasteiger partial charge in [0.15, 0.2) is 0 Å². The van der Waals surface area contributed by atoms with E-state index in [1.54, 1.807) is 0 Å². The molecule has 0 aliphatic heterocycles. The Balaban J connectivity index is 2.00. The van der Waals surface area contributed by atoms with Crippen LogP contribution < -0.4 is 5.32 Å². The minimum atomic E-state index is 0.395. The zero-order valence-corrected chi connectivity index (χ0v) is 13.0. The molecule has 1 N–H and O–H groups in total. The number of methoxy groups -OCH3 is 1. The van der Waals surface area contributed by atoms with Crippen molar-refractivity contribution in [3.8, 4) is 0 Å². The highest BCUT2D eigenvalue weighted by Gasteiger charge is 2.24. The van der Waals surface area contributed by atoms with Crippen LogP contribution in [0.4, 0.5) is 0 Å². The van der Waals surface area contributed by atoms with Crippen molar-refractivity contribution in [3.63, 3.8) is 0 Å². The first kappa shape index (κ1) is 15.5. The number of hydrogen-bond donors (Lipinski definition) is 1. The Morgan fingerprint density at radius 3 is 2.65 bits per heavy atom. The SMILES string of the molecule is COC1CCCC(NC(CN(C)C)c2ccccc2)C1. The largest absolute Gasteiger partial charge is 0.381 e. The van der Waals surface area contributed by atoms with Crippen molar-refractivity contribution in [1.82, 2.24) is 10.2 Å². The van der Waals surface area contributed by atoms with E-state index in [1.807, 2.05) is 7.11 Å². The predicted molar refractivity (Wildman–Crippen MR) is 83.9 cm³/mol. The summed E-state index contributed by atoms with van der Waals surface area (Å²) in [4.78, 5) is 2.25. The first-order valence-electron chi connectivity index (χ1n) is 7.67. The van der Waals surface area contributed by atoms with E-state index in [4.69, 9.17) is 4.74 Å². The van der Waals surface area contributed by atoms with E-state index in [-0.39, 0.29) is 0 Å². The Hall–Kier alpha value is -0.900. The lowest BCUT2D eigenvalue weighted by molar-refractivity contribution is 0.0562. The molecular weight excluding hydrogens is 248 g/mol. The summed E-state index contributed by atoms with van der Waals surface area (Å²) in [6.07, 6.45) is 5.29. The van der Waals surface area contributed by atoms with Crippen molar-refractivity contribution >= 4 is 0 Å². The molecule has 0 bridgehead atoms. The van der Waals surface area contributed by atoms with Gasteiger partial charge in [-0.15, -0.1) is 0 Å². The molecule has 1 saturated carbocycles. The van der Waals surface area contributed by atoms with Gasteiger partial charge in [0.2, 0.25) is 0 Å². The van der Waals surface area contributed by atoms with Gasteiger partial charge in [0.05, 0.1) is 6.10 Å². The molecule has 1 aliphatic carbocycles. The molecule has 1 aromatic carbocycles. The molecule has 0 radical (unpaired) electrons. The van der Waals surface area contributed by atoms with Gasteiger partial charge >= 0.3 is 0 Å². The van der Waals surface area contributed by atoms with Crippen molar-refractivity contribution < 1.29 is 4.74 Å². The minimum absolute atomic E-state index is 0.395. The summed E-state index contributed by atoms with van der Waals surface area (Å²) >= 11 is 0. The van der Waals surface area contributed by atoms with Gasteiger partial charge in [0, 0.05) is 25.7 Å². The Morgan fingerprint density at radius 1 is 1.25 bits per heavy atom. The standard InChI is InChI=1S/C17H28N2O/c1-19(2)13-17(14-8-5-4-6-9-14)18-15-10-7-11-16(12-15)20-3/h4-6,8-9,15-18H,7,10-13H2,1-3H3. The number of rotatable bonds is 6. The quantitative estimate of drug-likeness (QED) is 0.864. The van der Waals surface area contributed by atoms with E-state index in [9.17, 15) is 0 Å². The highest BCUT2D eigenvalue weighted by Crippen LogP contribution is 2.24. The van der Waals surface area contributed by atoms with Crippen molar-refractivity contribution in [2.24, 2.45) is 0 Å². The summed E-state index contributed by atoms with van der Waals surface area (Å²) in [6, 6.07) is 11.7. The van der Waals surface area contributed by atoms with Crippen molar-refractivity contribution in [2.45, 2.75) is 43.9 Å². The third-order valence-electron chi connectivity index (χ3n) is 4.15. The van der Waals surface area contributed by atoms with Crippen LogP contribution in [-0.2, 0) is 4.74 Å². The normalized spacial score (nSPS) is 24.8. The van der Waals surface area contributed by atoms with Crippen LogP contribution in [-0.4, -0.2) is 44.8 Å². The van der Waals surface area contributed by atoms with Gasteiger partial charge in [0.1, 0.15) is 0 Å². The topological polar surface area (TPSA) is 24.5 Å². The Labute approximate surface area is 123 Å². The van der Waals surface area contributed by atoms with Crippen LogP contribution in [0.25, 0.3) is 0 Å². The molecule has 3 heteroatoms. The number of nitrogens with one attached hydrogen (secondary N) is 1. The van der Waals surface area contributed by atoms with Gasteiger partial charge in [-0.25, -0.2) is 0 Å². The van der Waals surface area contributed by atoms with E-state index in [1.165, 1.54) is 24.8 Å². The van der Waals surface area contributed by atoms with E-state index < -0.39 is 0 Å². The molecule has 0 saturated heterocycles. The summed E-state index contributed by atoms with van der Waals surface area (Å²) in [5.74, 6) is 0. The zero-order valence-electron chi connectivity index (χ0n) is 13.0. The molecule has 112 valence electrons. The third-order valence-corrected chi connectivity index (χ3v) is 4.15. The second-order valence-electron chi connectivity index (χ2n) is 6.11. The zero-order chi connectivity index (χ0) is 14.4. The number of likely N-dealkylation sites (N-methyl/N-ethyl adjacent to an activating group) is 1. The summed E-state index contributed by atoms with van der Waals surface area (Å²) in [5.41, 5.74) is 1.38. The fourth-order valence-corrected chi connectivity index (χ4v) is 3.10. The molecule has 2 rings (SSSR count). The predicted octanol–water partition coefficient (Wildman–Crippen LogP) is 2.84. The maximum absolute atomic E-state index is 5.54. The van der Waals surface area contributed by atoms with Crippen LogP contribution in [0.1, 0.15) is 37.3 Å². The van der Waals surface area contributed by atoms with E-state index in [0.29, 0.717) is 18.2 Å². The van der Waals surface area contributed by atoms with Crippen molar-refractivity contribution in [2.75, 3.05) is 27.7 Å². The summed E-state index contributed by atoms with van der Waals surface area (Å²) < 4.78 is 5.54. The molecule has 1 aromatic rings. The molecular formula is C17H28N2O. The molecule has 1 fully saturated rings.